The van der Waals surface area contributed by atoms with Crippen LogP contribution in [-0.2, 0) is 6.54 Å². The molecular formula is C14H19N3O3. The topological polar surface area (TPSA) is 95.7 Å². The molecule has 1 aromatic rings. The molecule has 0 saturated carbocycles. The minimum Gasteiger partial charge on any atom is -0.478 e. The number of aromatic carboxylic acids is 1. The van der Waals surface area contributed by atoms with Gasteiger partial charge in [-0.05, 0) is 30.5 Å². The number of amides is 2. The molecule has 2 rings (SSSR count). The number of rotatable bonds is 3. The van der Waals surface area contributed by atoms with E-state index in [0.29, 0.717) is 19.6 Å². The molecule has 0 unspecified atom stereocenters. The Hall–Kier alpha value is -2.08. The van der Waals surface area contributed by atoms with Crippen molar-refractivity contribution in [2.75, 3.05) is 13.1 Å². The van der Waals surface area contributed by atoms with Crippen LogP contribution >= 0.6 is 0 Å². The van der Waals surface area contributed by atoms with Crippen LogP contribution in [0.3, 0.4) is 0 Å². The lowest BCUT2D eigenvalue weighted by atomic mass is 10.1. The van der Waals surface area contributed by atoms with E-state index < -0.39 is 5.97 Å². The monoisotopic (exact) mass is 277 g/mol. The van der Waals surface area contributed by atoms with Crippen molar-refractivity contribution in [1.82, 2.24) is 10.2 Å². The first kappa shape index (κ1) is 14.3. The standard InChI is InChI=1S/C14H19N3O3/c15-12-5-7-17(8-6-12)14(20)16-9-10-1-3-11(4-2-10)13(18)19/h1-4,12H,5-9,15H2,(H,16,20)(H,18,19). The SMILES string of the molecule is NC1CCN(C(=O)NCc2ccc(C(=O)O)cc2)CC1. The minimum absolute atomic E-state index is 0.0980. The van der Waals surface area contributed by atoms with Crippen molar-refractivity contribution < 1.29 is 14.7 Å². The molecule has 0 spiro atoms. The summed E-state index contributed by atoms with van der Waals surface area (Å²) in [6, 6.07) is 6.57. The number of nitrogens with two attached hydrogens (primary N) is 1. The van der Waals surface area contributed by atoms with Crippen LogP contribution in [0.1, 0.15) is 28.8 Å². The number of likely N-dealkylation sites (tertiary alicyclic amines) is 1. The zero-order valence-electron chi connectivity index (χ0n) is 11.2. The van der Waals surface area contributed by atoms with Crippen molar-refractivity contribution >= 4 is 12.0 Å². The Morgan fingerprint density at radius 3 is 2.40 bits per heavy atom. The van der Waals surface area contributed by atoms with Crippen LogP contribution in [0, 0.1) is 0 Å². The van der Waals surface area contributed by atoms with Crippen molar-refractivity contribution in [3.63, 3.8) is 0 Å². The molecule has 1 aliphatic heterocycles. The van der Waals surface area contributed by atoms with Crippen molar-refractivity contribution in [3.05, 3.63) is 35.4 Å². The average Bonchev–Trinajstić information content (AvgIpc) is 2.46. The van der Waals surface area contributed by atoms with Crippen LogP contribution in [0.4, 0.5) is 4.79 Å². The van der Waals surface area contributed by atoms with Crippen LogP contribution in [-0.4, -0.2) is 41.1 Å². The highest BCUT2D eigenvalue weighted by Crippen LogP contribution is 2.09. The van der Waals surface area contributed by atoms with Crippen LogP contribution in [0.25, 0.3) is 0 Å². The molecule has 1 aromatic carbocycles. The number of urea groups is 1. The quantitative estimate of drug-likeness (QED) is 0.768. The van der Waals surface area contributed by atoms with Gasteiger partial charge in [0, 0.05) is 25.7 Å². The fourth-order valence-corrected chi connectivity index (χ4v) is 2.16. The maximum absolute atomic E-state index is 11.9. The van der Waals surface area contributed by atoms with Gasteiger partial charge in [-0.25, -0.2) is 9.59 Å². The number of carboxylic acids is 1. The Morgan fingerprint density at radius 2 is 1.85 bits per heavy atom. The molecule has 1 saturated heterocycles. The summed E-state index contributed by atoms with van der Waals surface area (Å²) in [5, 5.41) is 11.6. The third kappa shape index (κ3) is 3.71. The number of hydrogen-bond donors (Lipinski definition) is 3. The molecule has 2 amide bonds. The number of benzene rings is 1. The fourth-order valence-electron chi connectivity index (χ4n) is 2.16. The zero-order chi connectivity index (χ0) is 14.5. The Kier molecular flexibility index (Phi) is 4.57. The number of nitrogens with zero attached hydrogens (tertiary/aromatic N) is 1. The van der Waals surface area contributed by atoms with Gasteiger partial charge >= 0.3 is 12.0 Å². The lowest BCUT2D eigenvalue weighted by molar-refractivity contribution is 0.0697. The number of piperidine rings is 1. The summed E-state index contributed by atoms with van der Waals surface area (Å²) in [6.45, 7) is 1.76. The number of carbonyl (C=O) groups is 2. The van der Waals surface area contributed by atoms with E-state index in [1.54, 1.807) is 17.0 Å². The summed E-state index contributed by atoms with van der Waals surface area (Å²) < 4.78 is 0. The largest absolute Gasteiger partial charge is 0.478 e. The number of carboxylic acid groups (broad SMARTS) is 1. The van der Waals surface area contributed by atoms with E-state index in [1.165, 1.54) is 12.1 Å². The van der Waals surface area contributed by atoms with Gasteiger partial charge in [-0.3, -0.25) is 0 Å². The van der Waals surface area contributed by atoms with Gasteiger partial charge in [0.15, 0.2) is 0 Å². The third-order valence-electron chi connectivity index (χ3n) is 3.47. The third-order valence-corrected chi connectivity index (χ3v) is 3.47. The van der Waals surface area contributed by atoms with Gasteiger partial charge in [0.2, 0.25) is 0 Å². The summed E-state index contributed by atoms with van der Waals surface area (Å²) in [5.41, 5.74) is 6.91. The molecule has 20 heavy (non-hydrogen) atoms. The summed E-state index contributed by atoms with van der Waals surface area (Å²) >= 11 is 0. The number of carbonyl (C=O) groups excluding carboxylic acids is 1. The van der Waals surface area contributed by atoms with Gasteiger partial charge in [0.25, 0.3) is 0 Å². The summed E-state index contributed by atoms with van der Waals surface area (Å²) in [6.07, 6.45) is 1.67. The van der Waals surface area contributed by atoms with Crippen molar-refractivity contribution in [2.45, 2.75) is 25.4 Å². The zero-order valence-corrected chi connectivity index (χ0v) is 11.2. The first-order valence-corrected chi connectivity index (χ1v) is 6.67. The highest BCUT2D eigenvalue weighted by molar-refractivity contribution is 5.87. The van der Waals surface area contributed by atoms with Crippen molar-refractivity contribution in [1.29, 1.82) is 0 Å². The van der Waals surface area contributed by atoms with Gasteiger partial charge in [0.05, 0.1) is 5.56 Å². The van der Waals surface area contributed by atoms with Crippen LogP contribution in [0.15, 0.2) is 24.3 Å². The van der Waals surface area contributed by atoms with Crippen LogP contribution < -0.4 is 11.1 Å². The molecule has 6 nitrogen and oxygen atoms in total. The Balaban J connectivity index is 1.82. The maximum atomic E-state index is 11.9. The molecule has 108 valence electrons. The van der Waals surface area contributed by atoms with Gasteiger partial charge in [0.1, 0.15) is 0 Å². The molecule has 1 heterocycles. The molecule has 0 atom stereocenters. The Labute approximate surface area is 117 Å². The Morgan fingerprint density at radius 1 is 1.25 bits per heavy atom. The first-order chi connectivity index (χ1) is 9.56. The molecule has 0 aromatic heterocycles. The van der Waals surface area contributed by atoms with E-state index in [-0.39, 0.29) is 17.6 Å². The van der Waals surface area contributed by atoms with Gasteiger partial charge in [-0.1, -0.05) is 12.1 Å². The Bertz CT molecular complexity index is 479. The molecule has 4 N–H and O–H groups in total. The maximum Gasteiger partial charge on any atom is 0.335 e. The predicted molar refractivity (Wildman–Crippen MR) is 74.4 cm³/mol. The second-order valence-corrected chi connectivity index (χ2v) is 4.99. The van der Waals surface area contributed by atoms with E-state index in [4.69, 9.17) is 10.8 Å². The minimum atomic E-state index is -0.953. The van der Waals surface area contributed by atoms with E-state index in [9.17, 15) is 9.59 Å². The molecule has 0 radical (unpaired) electrons. The summed E-state index contributed by atoms with van der Waals surface area (Å²) in [7, 11) is 0. The van der Waals surface area contributed by atoms with Crippen LogP contribution in [0.2, 0.25) is 0 Å². The molecule has 1 fully saturated rings. The summed E-state index contributed by atoms with van der Waals surface area (Å²) in [5.74, 6) is -0.953. The average molecular weight is 277 g/mol. The van der Waals surface area contributed by atoms with E-state index in [2.05, 4.69) is 5.32 Å². The molecule has 0 aliphatic carbocycles. The van der Waals surface area contributed by atoms with E-state index in [1.807, 2.05) is 0 Å². The number of nitrogens with one attached hydrogen (secondary N) is 1. The van der Waals surface area contributed by atoms with Gasteiger partial charge in [-0.2, -0.15) is 0 Å². The van der Waals surface area contributed by atoms with Crippen LogP contribution in [0.5, 0.6) is 0 Å². The second kappa shape index (κ2) is 6.38. The van der Waals surface area contributed by atoms with E-state index >= 15 is 0 Å². The first-order valence-electron chi connectivity index (χ1n) is 6.67. The van der Waals surface area contributed by atoms with E-state index in [0.717, 1.165) is 18.4 Å². The van der Waals surface area contributed by atoms with Crippen molar-refractivity contribution in [2.24, 2.45) is 5.73 Å². The highest BCUT2D eigenvalue weighted by Gasteiger charge is 2.19. The molecule has 6 heteroatoms. The molecular weight excluding hydrogens is 258 g/mol. The smallest absolute Gasteiger partial charge is 0.335 e. The molecule has 1 aliphatic rings. The summed E-state index contributed by atoms with van der Waals surface area (Å²) in [4.78, 5) is 24.4. The number of hydrogen-bond acceptors (Lipinski definition) is 3. The van der Waals surface area contributed by atoms with Gasteiger partial charge < -0.3 is 21.1 Å². The lowest BCUT2D eigenvalue weighted by Crippen LogP contribution is -2.47. The molecule has 0 bridgehead atoms. The van der Waals surface area contributed by atoms with Crippen molar-refractivity contribution in [3.8, 4) is 0 Å². The fraction of sp³-hybridized carbons (Fsp3) is 0.429. The normalized spacial score (nSPS) is 15.9. The highest BCUT2D eigenvalue weighted by atomic mass is 16.4. The van der Waals surface area contributed by atoms with Gasteiger partial charge in [-0.15, -0.1) is 0 Å². The predicted octanol–water partition coefficient (Wildman–Crippen LogP) is 1.02. The lowest BCUT2D eigenvalue weighted by Gasteiger charge is -2.30. The second-order valence-electron chi connectivity index (χ2n) is 4.99.